The Morgan fingerprint density at radius 2 is 2.07 bits per heavy atom. The summed E-state index contributed by atoms with van der Waals surface area (Å²) in [6, 6.07) is 7.00. The Kier molecular flexibility index (Phi) is 7.60. The molecule has 1 aromatic carbocycles. The second-order valence-electron chi connectivity index (χ2n) is 2.53. The zero-order chi connectivity index (χ0) is 9.26. The van der Waals surface area contributed by atoms with Crippen molar-refractivity contribution >= 4 is 18.3 Å². The average Bonchev–Trinajstić information content (AvgIpc) is 2.51. The van der Waals surface area contributed by atoms with Crippen LogP contribution >= 0.6 is 0 Å². The Balaban J connectivity index is 0.000000980. The molecule has 4 nitrogen and oxygen atoms in total. The van der Waals surface area contributed by atoms with Gasteiger partial charge in [-0.3, -0.25) is 0 Å². The molecular formula is C8H6AcN4NaS-. The van der Waals surface area contributed by atoms with E-state index in [1.807, 2.05) is 6.07 Å². The van der Waals surface area contributed by atoms with E-state index in [1.165, 1.54) is 10.9 Å². The summed E-state index contributed by atoms with van der Waals surface area (Å²) >= 11 is 4.99. The summed E-state index contributed by atoms with van der Waals surface area (Å²) < 4.78 is 1.52. The normalized spacial score (nSPS) is 8.80. The van der Waals surface area contributed by atoms with Crippen molar-refractivity contribution in [1.82, 2.24) is 15.0 Å². The molecule has 2 rings (SSSR count). The standard InChI is InChI=1S/C8H7N4S.Ac.Na/c9-6-2-1-3-7(4-6)12-8(13)5-10-11-12;;/h1-5,9H,(H,11,13);;/q-1;;+1/p-1. The van der Waals surface area contributed by atoms with Gasteiger partial charge in [-0.1, -0.05) is 28.4 Å². The van der Waals surface area contributed by atoms with Crippen LogP contribution in [0.4, 0.5) is 5.69 Å². The fraction of sp³-hybridized carbons (Fsp3) is 0. The molecule has 0 aliphatic heterocycles. The molecule has 2 aromatic rings. The van der Waals surface area contributed by atoms with Gasteiger partial charge in [0, 0.05) is 44.1 Å². The molecule has 1 aromatic heterocycles. The smallest absolute Gasteiger partial charge is 0.758 e. The Labute approximate surface area is 151 Å². The van der Waals surface area contributed by atoms with Gasteiger partial charge in [0.05, 0.1) is 11.9 Å². The fourth-order valence-electron chi connectivity index (χ4n) is 1.04. The molecule has 0 amide bonds. The van der Waals surface area contributed by atoms with Gasteiger partial charge >= 0.3 is 29.6 Å². The third-order valence-electron chi connectivity index (χ3n) is 1.61. The average molecular weight is 440 g/mol. The number of aromatic nitrogens is 3. The van der Waals surface area contributed by atoms with Crippen molar-refractivity contribution in [3.8, 4) is 5.69 Å². The monoisotopic (exact) mass is 440 g/mol. The molecule has 0 bridgehead atoms. The van der Waals surface area contributed by atoms with Crippen molar-refractivity contribution in [2.45, 2.75) is 5.03 Å². The molecule has 0 spiro atoms. The van der Waals surface area contributed by atoms with E-state index in [9.17, 15) is 0 Å². The van der Waals surface area contributed by atoms with Crippen LogP contribution in [0.25, 0.3) is 11.4 Å². The summed E-state index contributed by atoms with van der Waals surface area (Å²) in [7, 11) is 0. The van der Waals surface area contributed by atoms with Crippen LogP contribution in [0.3, 0.4) is 0 Å². The second-order valence-corrected chi connectivity index (χ2v) is 2.95. The van der Waals surface area contributed by atoms with E-state index < -0.39 is 0 Å². The Hall–Kier alpha value is 0.822. The van der Waals surface area contributed by atoms with Gasteiger partial charge in [0.2, 0.25) is 0 Å². The maximum Gasteiger partial charge on any atom is 1.00 e. The molecule has 1 radical (unpaired) electrons. The predicted molar refractivity (Wildman–Crippen MR) is 51.0 cm³/mol. The molecule has 1 heterocycles. The minimum atomic E-state index is 0. The van der Waals surface area contributed by atoms with Crippen LogP contribution in [0.15, 0.2) is 35.5 Å². The predicted octanol–water partition coefficient (Wildman–Crippen LogP) is -1.14. The summed E-state index contributed by atoms with van der Waals surface area (Å²) in [6.45, 7) is 0. The summed E-state index contributed by atoms with van der Waals surface area (Å²) in [5.74, 6) is 0. The van der Waals surface area contributed by atoms with Gasteiger partial charge in [0.1, 0.15) is 0 Å². The largest absolute Gasteiger partial charge is 1.00 e. The molecule has 0 aliphatic rings. The van der Waals surface area contributed by atoms with Crippen molar-refractivity contribution in [2.75, 3.05) is 0 Å². The summed E-state index contributed by atoms with van der Waals surface area (Å²) in [5.41, 5.74) is 8.62. The van der Waals surface area contributed by atoms with Gasteiger partial charge in [0.25, 0.3) is 0 Å². The quantitative estimate of drug-likeness (QED) is 0.417. The molecule has 0 fully saturated rings. The summed E-state index contributed by atoms with van der Waals surface area (Å²) in [5, 5.41) is 8.03. The minimum absolute atomic E-state index is 0. The molecule has 1 N–H and O–H groups in total. The van der Waals surface area contributed by atoms with Crippen molar-refractivity contribution in [3.63, 3.8) is 0 Å². The Morgan fingerprint density at radius 1 is 1.33 bits per heavy atom. The van der Waals surface area contributed by atoms with Gasteiger partial charge in [-0.05, 0) is 6.07 Å². The van der Waals surface area contributed by atoms with E-state index in [-0.39, 0.29) is 73.6 Å². The zero-order valence-corrected chi connectivity index (χ0v) is 15.8. The molecule has 0 aliphatic carbocycles. The summed E-state index contributed by atoms with van der Waals surface area (Å²) in [4.78, 5) is 0. The SMILES string of the molecule is [Ac].[NH-]c1cccc(-n2nncc2[S-])c1.[Na+]. The van der Waals surface area contributed by atoms with Crippen molar-refractivity contribution in [2.24, 2.45) is 0 Å². The topological polar surface area (TPSA) is 54.5 Å². The first kappa shape index (κ1) is 15.8. The van der Waals surface area contributed by atoms with Gasteiger partial charge in [0.15, 0.2) is 0 Å². The van der Waals surface area contributed by atoms with Crippen LogP contribution in [0, 0.1) is 44.1 Å². The number of hydrogen-bond acceptors (Lipinski definition) is 3. The van der Waals surface area contributed by atoms with E-state index in [0.717, 1.165) is 5.69 Å². The van der Waals surface area contributed by atoms with Crippen LogP contribution in [0.2, 0.25) is 0 Å². The maximum absolute atomic E-state index is 7.41. The van der Waals surface area contributed by atoms with Crippen LogP contribution in [0.5, 0.6) is 0 Å². The molecule has 15 heavy (non-hydrogen) atoms. The van der Waals surface area contributed by atoms with Crippen molar-refractivity contribution < 1.29 is 73.6 Å². The fourth-order valence-corrected chi connectivity index (χ4v) is 1.23. The third kappa shape index (κ3) is 3.95. The van der Waals surface area contributed by atoms with E-state index in [2.05, 4.69) is 10.3 Å². The number of benzene rings is 1. The van der Waals surface area contributed by atoms with Gasteiger partial charge in [-0.15, -0.1) is 10.8 Å². The van der Waals surface area contributed by atoms with Gasteiger partial charge < -0.3 is 18.4 Å². The van der Waals surface area contributed by atoms with Crippen LogP contribution in [-0.2, 0) is 12.6 Å². The molecule has 0 atom stereocenters. The van der Waals surface area contributed by atoms with E-state index in [0.29, 0.717) is 10.7 Å². The third-order valence-corrected chi connectivity index (χ3v) is 1.89. The van der Waals surface area contributed by atoms with E-state index in [4.69, 9.17) is 18.4 Å². The number of nitrogens with one attached hydrogen (secondary N) is 1. The number of nitrogens with zero attached hydrogens (tertiary/aromatic N) is 3. The van der Waals surface area contributed by atoms with Crippen LogP contribution in [0.1, 0.15) is 0 Å². The second kappa shape index (κ2) is 7.21. The molecular weight excluding hydrogens is 434 g/mol. The molecule has 69 valence electrons. The van der Waals surface area contributed by atoms with Gasteiger partial charge in [-0.2, -0.15) is 0 Å². The van der Waals surface area contributed by atoms with E-state index >= 15 is 0 Å². The Bertz CT molecular complexity index is 434. The van der Waals surface area contributed by atoms with Gasteiger partial charge in [-0.25, -0.2) is 4.68 Å². The van der Waals surface area contributed by atoms with Crippen LogP contribution < -0.4 is 29.6 Å². The molecule has 0 saturated heterocycles. The first-order valence-corrected chi connectivity index (χ1v) is 4.08. The first-order valence-electron chi connectivity index (χ1n) is 3.67. The molecule has 0 unspecified atom stereocenters. The minimum Gasteiger partial charge on any atom is -0.758 e. The number of hydrogen-bond donors (Lipinski definition) is 0. The van der Waals surface area contributed by atoms with E-state index in [1.54, 1.807) is 18.2 Å². The Morgan fingerprint density at radius 3 is 2.60 bits per heavy atom. The van der Waals surface area contributed by atoms with Crippen molar-refractivity contribution in [1.29, 1.82) is 0 Å². The zero-order valence-electron chi connectivity index (χ0n) is 8.21. The molecule has 7 heteroatoms. The molecule has 0 saturated carbocycles. The first-order chi connectivity index (χ1) is 6.27. The maximum atomic E-state index is 7.41. The van der Waals surface area contributed by atoms with Crippen LogP contribution in [-0.4, -0.2) is 15.0 Å². The number of rotatable bonds is 1. The summed E-state index contributed by atoms with van der Waals surface area (Å²) in [6.07, 6.45) is 1.51. The van der Waals surface area contributed by atoms with Crippen molar-refractivity contribution in [3.05, 3.63) is 36.2 Å².